The van der Waals surface area contributed by atoms with Crippen molar-refractivity contribution in [2.24, 2.45) is 0 Å². The minimum atomic E-state index is 0.524. The summed E-state index contributed by atoms with van der Waals surface area (Å²) in [4.78, 5) is 2.38. The molecule has 0 saturated carbocycles. The topological polar surface area (TPSA) is 24.5 Å². The zero-order valence-corrected chi connectivity index (χ0v) is 12.5. The van der Waals surface area contributed by atoms with Crippen LogP contribution in [0.15, 0.2) is 54.6 Å². The molecular formula is C18H22N2O. The van der Waals surface area contributed by atoms with E-state index in [0.29, 0.717) is 6.04 Å². The Morgan fingerprint density at radius 1 is 1.05 bits per heavy atom. The van der Waals surface area contributed by atoms with E-state index in [-0.39, 0.29) is 0 Å². The average Bonchev–Trinajstić information content (AvgIpc) is 2.49. The summed E-state index contributed by atoms with van der Waals surface area (Å²) in [7, 11) is 2.18. The molecule has 1 atom stereocenters. The van der Waals surface area contributed by atoms with Crippen molar-refractivity contribution >= 4 is 5.69 Å². The average molecular weight is 282 g/mol. The number of likely N-dealkylation sites (tertiary alicyclic amines) is 1. The first kappa shape index (κ1) is 14.0. The Labute approximate surface area is 126 Å². The number of anilines is 1. The first-order valence-corrected chi connectivity index (χ1v) is 7.58. The predicted octanol–water partition coefficient (Wildman–Crippen LogP) is 3.99. The zero-order valence-electron chi connectivity index (χ0n) is 12.5. The fourth-order valence-corrected chi connectivity index (χ4v) is 2.79. The molecule has 3 rings (SSSR count). The number of rotatable bonds is 4. The number of para-hydroxylation sites is 1. The maximum atomic E-state index is 5.88. The molecule has 0 amide bonds. The fraction of sp³-hybridized carbons (Fsp3) is 0.333. The van der Waals surface area contributed by atoms with Crippen LogP contribution in [0.4, 0.5) is 5.69 Å². The van der Waals surface area contributed by atoms with Crippen LogP contribution in [-0.2, 0) is 0 Å². The van der Waals surface area contributed by atoms with Gasteiger partial charge in [-0.2, -0.15) is 0 Å². The van der Waals surface area contributed by atoms with Crippen LogP contribution in [0.2, 0.25) is 0 Å². The molecule has 1 saturated heterocycles. The first-order valence-electron chi connectivity index (χ1n) is 7.58. The highest BCUT2D eigenvalue weighted by molar-refractivity contribution is 5.50. The van der Waals surface area contributed by atoms with E-state index < -0.39 is 0 Å². The zero-order chi connectivity index (χ0) is 14.5. The van der Waals surface area contributed by atoms with E-state index in [2.05, 4.69) is 29.4 Å². The van der Waals surface area contributed by atoms with Crippen molar-refractivity contribution in [3.63, 3.8) is 0 Å². The van der Waals surface area contributed by atoms with Crippen LogP contribution in [0.5, 0.6) is 11.5 Å². The van der Waals surface area contributed by atoms with Crippen molar-refractivity contribution in [3.05, 3.63) is 54.6 Å². The van der Waals surface area contributed by atoms with Crippen LogP contribution in [0.3, 0.4) is 0 Å². The van der Waals surface area contributed by atoms with Crippen LogP contribution in [0.1, 0.15) is 12.8 Å². The summed E-state index contributed by atoms with van der Waals surface area (Å²) >= 11 is 0. The Morgan fingerprint density at radius 2 is 1.86 bits per heavy atom. The molecule has 3 nitrogen and oxygen atoms in total. The van der Waals surface area contributed by atoms with Crippen LogP contribution in [0.25, 0.3) is 0 Å². The number of nitrogens with zero attached hydrogens (tertiary/aromatic N) is 1. The standard InChI is InChI=1S/C18H22N2O/c1-20-12-6-8-16(14-20)19-15-7-5-11-18(13-15)21-17-9-3-2-4-10-17/h2-5,7,9-11,13,16,19H,6,8,12,14H2,1H3. The molecular weight excluding hydrogens is 260 g/mol. The highest BCUT2D eigenvalue weighted by atomic mass is 16.5. The Morgan fingerprint density at radius 3 is 2.67 bits per heavy atom. The molecule has 1 unspecified atom stereocenters. The second-order valence-electron chi connectivity index (χ2n) is 5.69. The summed E-state index contributed by atoms with van der Waals surface area (Å²) in [5, 5.41) is 3.62. The van der Waals surface area contributed by atoms with Crippen LogP contribution in [0, 0.1) is 0 Å². The molecule has 1 N–H and O–H groups in total. The number of nitrogens with one attached hydrogen (secondary N) is 1. The Bertz CT molecular complexity index is 570. The number of ether oxygens (including phenoxy) is 1. The lowest BCUT2D eigenvalue weighted by atomic mass is 10.1. The van der Waals surface area contributed by atoms with Crippen LogP contribution < -0.4 is 10.1 Å². The SMILES string of the molecule is CN1CCCC(Nc2cccc(Oc3ccccc3)c2)C1. The third-order valence-corrected chi connectivity index (χ3v) is 3.81. The van der Waals surface area contributed by atoms with Crippen molar-refractivity contribution in [1.29, 1.82) is 0 Å². The minimum absolute atomic E-state index is 0.524. The summed E-state index contributed by atoms with van der Waals surface area (Å²) in [6, 6.07) is 18.6. The predicted molar refractivity (Wildman–Crippen MR) is 87.1 cm³/mol. The van der Waals surface area contributed by atoms with Gasteiger partial charge in [0.2, 0.25) is 0 Å². The molecule has 1 aliphatic rings. The normalized spacial score (nSPS) is 19.2. The van der Waals surface area contributed by atoms with Gasteiger partial charge in [-0.15, -0.1) is 0 Å². The molecule has 0 spiro atoms. The lowest BCUT2D eigenvalue weighted by Gasteiger charge is -2.30. The molecule has 1 aliphatic heterocycles. The minimum Gasteiger partial charge on any atom is -0.457 e. The number of likely N-dealkylation sites (N-methyl/N-ethyl adjacent to an activating group) is 1. The highest BCUT2D eigenvalue weighted by Gasteiger charge is 2.16. The summed E-state index contributed by atoms with van der Waals surface area (Å²) in [6.07, 6.45) is 2.49. The Hall–Kier alpha value is -2.00. The van der Waals surface area contributed by atoms with Gasteiger partial charge in [0.15, 0.2) is 0 Å². The second-order valence-corrected chi connectivity index (χ2v) is 5.69. The van der Waals surface area contributed by atoms with Gasteiger partial charge in [0.05, 0.1) is 0 Å². The molecule has 0 radical (unpaired) electrons. The maximum absolute atomic E-state index is 5.88. The van der Waals surface area contributed by atoms with Gasteiger partial charge in [0, 0.05) is 24.3 Å². The number of hydrogen-bond acceptors (Lipinski definition) is 3. The summed E-state index contributed by atoms with van der Waals surface area (Å²) in [5.41, 5.74) is 1.13. The van der Waals surface area contributed by atoms with E-state index in [4.69, 9.17) is 4.74 Å². The van der Waals surface area contributed by atoms with Crippen molar-refractivity contribution < 1.29 is 4.74 Å². The molecule has 3 heteroatoms. The van der Waals surface area contributed by atoms with Gasteiger partial charge in [-0.05, 0) is 50.7 Å². The van der Waals surface area contributed by atoms with Crippen molar-refractivity contribution in [1.82, 2.24) is 4.90 Å². The van der Waals surface area contributed by atoms with Gasteiger partial charge >= 0.3 is 0 Å². The van der Waals surface area contributed by atoms with Gasteiger partial charge in [-0.1, -0.05) is 24.3 Å². The van der Waals surface area contributed by atoms with Gasteiger partial charge in [0.1, 0.15) is 11.5 Å². The van der Waals surface area contributed by atoms with Crippen molar-refractivity contribution in [2.45, 2.75) is 18.9 Å². The lowest BCUT2D eigenvalue weighted by molar-refractivity contribution is 0.261. The van der Waals surface area contributed by atoms with E-state index in [0.717, 1.165) is 23.7 Å². The summed E-state index contributed by atoms with van der Waals surface area (Å²) in [6.45, 7) is 2.30. The van der Waals surface area contributed by atoms with E-state index >= 15 is 0 Å². The lowest BCUT2D eigenvalue weighted by Crippen LogP contribution is -2.39. The molecule has 1 heterocycles. The molecule has 110 valence electrons. The van der Waals surface area contributed by atoms with Gasteiger partial charge in [-0.3, -0.25) is 0 Å². The highest BCUT2D eigenvalue weighted by Crippen LogP contribution is 2.25. The summed E-state index contributed by atoms with van der Waals surface area (Å²) in [5.74, 6) is 1.74. The third kappa shape index (κ3) is 3.99. The molecule has 0 aromatic heterocycles. The molecule has 21 heavy (non-hydrogen) atoms. The monoisotopic (exact) mass is 282 g/mol. The van der Waals surface area contributed by atoms with Gasteiger partial charge < -0.3 is 15.0 Å². The van der Waals surface area contributed by atoms with Crippen molar-refractivity contribution in [3.8, 4) is 11.5 Å². The quantitative estimate of drug-likeness (QED) is 0.918. The summed E-state index contributed by atoms with van der Waals surface area (Å²) < 4.78 is 5.88. The smallest absolute Gasteiger partial charge is 0.129 e. The van der Waals surface area contributed by atoms with Gasteiger partial charge in [0.25, 0.3) is 0 Å². The third-order valence-electron chi connectivity index (χ3n) is 3.81. The molecule has 1 fully saturated rings. The molecule has 2 aromatic rings. The fourth-order valence-electron chi connectivity index (χ4n) is 2.79. The Kier molecular flexibility index (Phi) is 4.41. The Balaban J connectivity index is 1.65. The maximum Gasteiger partial charge on any atom is 0.129 e. The molecule has 0 aliphatic carbocycles. The van der Waals surface area contributed by atoms with Crippen LogP contribution in [-0.4, -0.2) is 31.1 Å². The number of benzene rings is 2. The van der Waals surface area contributed by atoms with E-state index in [1.165, 1.54) is 19.4 Å². The second kappa shape index (κ2) is 6.64. The van der Waals surface area contributed by atoms with Crippen LogP contribution >= 0.6 is 0 Å². The molecule has 2 aromatic carbocycles. The van der Waals surface area contributed by atoms with Gasteiger partial charge in [-0.25, -0.2) is 0 Å². The van der Waals surface area contributed by atoms with E-state index in [1.54, 1.807) is 0 Å². The van der Waals surface area contributed by atoms with E-state index in [9.17, 15) is 0 Å². The first-order chi connectivity index (χ1) is 10.3. The van der Waals surface area contributed by atoms with Crippen molar-refractivity contribution in [2.75, 3.05) is 25.5 Å². The molecule has 0 bridgehead atoms. The number of hydrogen-bond donors (Lipinski definition) is 1. The van der Waals surface area contributed by atoms with E-state index in [1.807, 2.05) is 42.5 Å². The number of piperidine rings is 1. The largest absolute Gasteiger partial charge is 0.457 e.